The summed E-state index contributed by atoms with van der Waals surface area (Å²) in [6, 6.07) is 15.9. The van der Waals surface area contributed by atoms with Crippen molar-refractivity contribution in [1.29, 1.82) is 0 Å². The Hall–Kier alpha value is -2.62. The maximum Gasteiger partial charge on any atom is 0.246 e. The van der Waals surface area contributed by atoms with Crippen molar-refractivity contribution in [3.05, 3.63) is 65.2 Å². The number of hydrogen-bond acceptors (Lipinski definition) is 2. The van der Waals surface area contributed by atoms with Gasteiger partial charge < -0.3 is 10.2 Å². The van der Waals surface area contributed by atoms with E-state index < -0.39 is 0 Å². The molecule has 2 aromatic rings. The average molecular weight is 322 g/mol. The largest absolute Gasteiger partial charge is 0.347 e. The van der Waals surface area contributed by atoms with Crippen molar-refractivity contribution in [3.63, 3.8) is 0 Å². The molecule has 1 aliphatic rings. The van der Waals surface area contributed by atoms with Gasteiger partial charge in [-0.05, 0) is 37.5 Å². The van der Waals surface area contributed by atoms with Crippen LogP contribution in [-0.4, -0.2) is 24.4 Å². The molecule has 2 aromatic carbocycles. The molecule has 1 atom stereocenters. The molecular weight excluding hydrogens is 300 g/mol. The molecule has 1 N–H and O–H groups in total. The summed E-state index contributed by atoms with van der Waals surface area (Å²) < 4.78 is 0. The monoisotopic (exact) mass is 322 g/mol. The molecule has 0 radical (unpaired) electrons. The molecule has 0 bridgehead atoms. The van der Waals surface area contributed by atoms with Crippen LogP contribution in [0.1, 0.15) is 23.6 Å². The molecule has 4 heteroatoms. The van der Waals surface area contributed by atoms with Crippen LogP contribution in [0, 0.1) is 6.92 Å². The van der Waals surface area contributed by atoms with Gasteiger partial charge in [-0.2, -0.15) is 0 Å². The second-order valence-electron chi connectivity index (χ2n) is 6.39. The lowest BCUT2D eigenvalue weighted by molar-refractivity contribution is -0.124. The van der Waals surface area contributed by atoms with Gasteiger partial charge >= 0.3 is 0 Å². The normalized spacial score (nSPS) is 15.9. The van der Waals surface area contributed by atoms with Gasteiger partial charge in [0.05, 0.1) is 13.0 Å². The zero-order chi connectivity index (χ0) is 17.1. The first kappa shape index (κ1) is 16.2. The van der Waals surface area contributed by atoms with Crippen LogP contribution in [0.2, 0.25) is 0 Å². The number of amides is 2. The van der Waals surface area contributed by atoms with Gasteiger partial charge in [0.15, 0.2) is 0 Å². The first-order chi connectivity index (χ1) is 11.5. The Morgan fingerprint density at radius 3 is 2.75 bits per heavy atom. The van der Waals surface area contributed by atoms with Crippen LogP contribution >= 0.6 is 0 Å². The van der Waals surface area contributed by atoms with Crippen molar-refractivity contribution in [3.8, 4) is 0 Å². The lowest BCUT2D eigenvalue weighted by Crippen LogP contribution is -2.43. The van der Waals surface area contributed by atoms with Crippen LogP contribution in [0.5, 0.6) is 0 Å². The molecule has 0 aliphatic carbocycles. The van der Waals surface area contributed by atoms with Crippen LogP contribution in [0.25, 0.3) is 0 Å². The number of benzene rings is 2. The van der Waals surface area contributed by atoms with Gasteiger partial charge in [-0.1, -0.05) is 48.0 Å². The van der Waals surface area contributed by atoms with Gasteiger partial charge in [-0.25, -0.2) is 0 Å². The van der Waals surface area contributed by atoms with Gasteiger partial charge in [0.2, 0.25) is 11.8 Å². The van der Waals surface area contributed by atoms with E-state index in [1.165, 1.54) is 5.56 Å². The van der Waals surface area contributed by atoms with Gasteiger partial charge in [0.1, 0.15) is 0 Å². The summed E-state index contributed by atoms with van der Waals surface area (Å²) in [6.07, 6.45) is 1.15. The number of aryl methyl sites for hydroxylation is 1. The number of rotatable bonds is 4. The van der Waals surface area contributed by atoms with Gasteiger partial charge in [0.25, 0.3) is 0 Å². The summed E-state index contributed by atoms with van der Waals surface area (Å²) in [4.78, 5) is 26.4. The van der Waals surface area contributed by atoms with Crippen molar-refractivity contribution >= 4 is 17.5 Å². The second kappa shape index (κ2) is 6.87. The fourth-order valence-electron chi connectivity index (χ4n) is 3.27. The SMILES string of the molecule is Cc1cccc(CC(=O)NCC(=O)N2c3ccccc3CC2C)c1. The van der Waals surface area contributed by atoms with E-state index in [0.29, 0.717) is 6.42 Å². The predicted molar refractivity (Wildman–Crippen MR) is 95.0 cm³/mol. The molecule has 4 nitrogen and oxygen atoms in total. The first-order valence-electron chi connectivity index (χ1n) is 8.27. The molecule has 0 aromatic heterocycles. The maximum atomic E-state index is 12.5. The highest BCUT2D eigenvalue weighted by Crippen LogP contribution is 2.31. The Bertz CT molecular complexity index is 770. The van der Waals surface area contributed by atoms with E-state index in [4.69, 9.17) is 0 Å². The second-order valence-corrected chi connectivity index (χ2v) is 6.39. The third-order valence-electron chi connectivity index (χ3n) is 4.36. The fourth-order valence-corrected chi connectivity index (χ4v) is 3.27. The molecular formula is C20H22N2O2. The summed E-state index contributed by atoms with van der Waals surface area (Å²) >= 11 is 0. The smallest absolute Gasteiger partial charge is 0.246 e. The molecule has 0 saturated carbocycles. The maximum absolute atomic E-state index is 12.5. The molecule has 1 aliphatic heterocycles. The molecule has 3 rings (SSSR count). The Morgan fingerprint density at radius 1 is 1.17 bits per heavy atom. The van der Waals surface area contributed by atoms with Gasteiger partial charge in [-0.15, -0.1) is 0 Å². The third kappa shape index (κ3) is 3.48. The van der Waals surface area contributed by atoms with E-state index in [2.05, 4.69) is 11.4 Å². The van der Waals surface area contributed by atoms with E-state index in [-0.39, 0.29) is 24.4 Å². The Balaban J connectivity index is 1.59. The highest BCUT2D eigenvalue weighted by molar-refractivity contribution is 5.99. The predicted octanol–water partition coefficient (Wildman–Crippen LogP) is 2.63. The number of carbonyl (C=O) groups is 2. The standard InChI is InChI=1S/C20H22N2O2/c1-14-6-5-7-16(10-14)12-19(23)21-13-20(24)22-15(2)11-17-8-3-4-9-18(17)22/h3-10,15H,11-13H2,1-2H3,(H,21,23). The van der Waals surface area contributed by atoms with Gasteiger partial charge in [-0.3, -0.25) is 9.59 Å². The van der Waals surface area contributed by atoms with Crippen LogP contribution in [-0.2, 0) is 22.4 Å². The average Bonchev–Trinajstić information content (AvgIpc) is 2.88. The number of carbonyl (C=O) groups excluding carboxylic acids is 2. The van der Waals surface area contributed by atoms with Crippen LogP contribution < -0.4 is 10.2 Å². The van der Waals surface area contributed by atoms with Crippen molar-refractivity contribution in [2.75, 3.05) is 11.4 Å². The highest BCUT2D eigenvalue weighted by Gasteiger charge is 2.30. The Kier molecular flexibility index (Phi) is 4.65. The fraction of sp³-hybridized carbons (Fsp3) is 0.300. The van der Waals surface area contributed by atoms with Gasteiger partial charge in [0, 0.05) is 11.7 Å². The Morgan fingerprint density at radius 2 is 1.96 bits per heavy atom. The number of nitrogens with one attached hydrogen (secondary N) is 1. The Labute approximate surface area is 142 Å². The number of hydrogen-bond donors (Lipinski definition) is 1. The van der Waals surface area contributed by atoms with E-state index in [1.54, 1.807) is 4.90 Å². The topological polar surface area (TPSA) is 49.4 Å². The summed E-state index contributed by atoms with van der Waals surface area (Å²) in [6.45, 7) is 4.06. The van der Waals surface area contributed by atoms with Crippen molar-refractivity contribution < 1.29 is 9.59 Å². The van der Waals surface area contributed by atoms with E-state index >= 15 is 0 Å². The van der Waals surface area contributed by atoms with Crippen molar-refractivity contribution in [2.24, 2.45) is 0 Å². The molecule has 24 heavy (non-hydrogen) atoms. The zero-order valence-corrected chi connectivity index (χ0v) is 14.1. The molecule has 1 heterocycles. The quantitative estimate of drug-likeness (QED) is 0.941. The van der Waals surface area contributed by atoms with E-state index in [0.717, 1.165) is 23.2 Å². The minimum atomic E-state index is -0.130. The van der Waals surface area contributed by atoms with Crippen molar-refractivity contribution in [1.82, 2.24) is 5.32 Å². The van der Waals surface area contributed by atoms with Crippen LogP contribution in [0.3, 0.4) is 0 Å². The van der Waals surface area contributed by atoms with E-state index in [1.807, 2.05) is 56.3 Å². The minimum absolute atomic E-state index is 0.0311. The molecule has 0 spiro atoms. The summed E-state index contributed by atoms with van der Waals surface area (Å²) in [5.74, 6) is -0.195. The summed E-state index contributed by atoms with van der Waals surface area (Å²) in [7, 11) is 0. The van der Waals surface area contributed by atoms with Crippen LogP contribution in [0.15, 0.2) is 48.5 Å². The first-order valence-corrected chi connectivity index (χ1v) is 8.27. The molecule has 0 saturated heterocycles. The van der Waals surface area contributed by atoms with E-state index in [9.17, 15) is 9.59 Å². The zero-order valence-electron chi connectivity index (χ0n) is 14.1. The molecule has 2 amide bonds. The number of nitrogens with zero attached hydrogens (tertiary/aromatic N) is 1. The molecule has 1 unspecified atom stereocenters. The molecule has 124 valence electrons. The number of anilines is 1. The third-order valence-corrected chi connectivity index (χ3v) is 4.36. The lowest BCUT2D eigenvalue weighted by Gasteiger charge is -2.22. The van der Waals surface area contributed by atoms with Crippen LogP contribution in [0.4, 0.5) is 5.69 Å². The highest BCUT2D eigenvalue weighted by atomic mass is 16.2. The minimum Gasteiger partial charge on any atom is -0.347 e. The summed E-state index contributed by atoms with van der Waals surface area (Å²) in [5.41, 5.74) is 4.23. The van der Waals surface area contributed by atoms with Crippen molar-refractivity contribution in [2.45, 2.75) is 32.7 Å². The molecule has 0 fully saturated rings. The number of fused-ring (bicyclic) bond motifs is 1. The lowest BCUT2D eigenvalue weighted by atomic mass is 10.1. The number of para-hydroxylation sites is 1. The summed E-state index contributed by atoms with van der Waals surface area (Å²) in [5, 5.41) is 2.75.